The number of benzene rings is 2. The van der Waals surface area contributed by atoms with Crippen LogP contribution in [0.25, 0.3) is 10.8 Å². The molecule has 37 heavy (non-hydrogen) atoms. The largest absolute Gasteiger partial charge is 0.394 e. The van der Waals surface area contributed by atoms with E-state index in [0.717, 1.165) is 22.2 Å². The molecule has 0 spiro atoms. The summed E-state index contributed by atoms with van der Waals surface area (Å²) in [7, 11) is 1.73. The average Bonchev–Trinajstić information content (AvgIpc) is 3.35. The lowest BCUT2D eigenvalue weighted by molar-refractivity contribution is -0.136. The third-order valence-corrected chi connectivity index (χ3v) is 6.97. The van der Waals surface area contributed by atoms with Gasteiger partial charge in [0.2, 0.25) is 5.91 Å². The summed E-state index contributed by atoms with van der Waals surface area (Å²) < 4.78 is 8.08. The standard InChI is InChI=1S/C27H36N6O4/c1-19-15-32(20(2)17-34)26(35)12-7-13-33-22(14-28-30-33)18-37-25(19)16-31(3)27(36)29-24-11-6-9-21-8-4-5-10-23(21)24/h4-6,8-11,14,19-20,25,34H,7,12-13,15-18H2,1-3H3,(H,29,36)/t19-,20+,25+/m1/s1. The van der Waals surface area contributed by atoms with Crippen LogP contribution in [0.4, 0.5) is 10.5 Å². The number of urea groups is 1. The van der Waals surface area contributed by atoms with E-state index in [9.17, 15) is 14.7 Å². The topological polar surface area (TPSA) is 113 Å². The molecule has 0 bridgehead atoms. The number of fused-ring (bicyclic) bond motifs is 2. The second-order valence-corrected chi connectivity index (χ2v) is 9.79. The molecule has 1 aliphatic rings. The molecule has 0 unspecified atom stereocenters. The summed E-state index contributed by atoms with van der Waals surface area (Å²) in [6, 6.07) is 13.2. The van der Waals surface area contributed by atoms with Gasteiger partial charge in [-0.05, 0) is 24.8 Å². The molecule has 1 aliphatic heterocycles. The lowest BCUT2D eigenvalue weighted by Crippen LogP contribution is -2.48. The Kier molecular flexibility index (Phi) is 8.73. The van der Waals surface area contributed by atoms with Gasteiger partial charge in [-0.1, -0.05) is 48.5 Å². The van der Waals surface area contributed by atoms with Gasteiger partial charge in [0.25, 0.3) is 0 Å². The third kappa shape index (κ3) is 6.44. The minimum absolute atomic E-state index is 0.0172. The van der Waals surface area contributed by atoms with E-state index in [-0.39, 0.29) is 36.6 Å². The Bertz CT molecular complexity index is 1210. The maximum Gasteiger partial charge on any atom is 0.321 e. The molecule has 0 saturated carbocycles. The number of ether oxygens (including phenoxy) is 1. The van der Waals surface area contributed by atoms with E-state index in [0.29, 0.717) is 39.1 Å². The van der Waals surface area contributed by atoms with Gasteiger partial charge in [0.15, 0.2) is 0 Å². The molecule has 4 rings (SSSR count). The fraction of sp³-hybridized carbons (Fsp3) is 0.481. The van der Waals surface area contributed by atoms with Crippen molar-refractivity contribution < 1.29 is 19.4 Å². The van der Waals surface area contributed by atoms with Crippen molar-refractivity contribution in [3.8, 4) is 0 Å². The van der Waals surface area contributed by atoms with E-state index >= 15 is 0 Å². The molecular formula is C27H36N6O4. The molecule has 0 aliphatic carbocycles. The number of aliphatic hydroxyl groups is 1. The molecule has 3 atom stereocenters. The maximum absolute atomic E-state index is 13.2. The number of nitrogens with zero attached hydrogens (tertiary/aromatic N) is 5. The van der Waals surface area contributed by atoms with Gasteiger partial charge in [0, 0.05) is 44.4 Å². The highest BCUT2D eigenvalue weighted by Gasteiger charge is 2.29. The Hall–Kier alpha value is -3.50. The smallest absolute Gasteiger partial charge is 0.321 e. The number of carbonyl (C=O) groups excluding carboxylic acids is 2. The first-order valence-electron chi connectivity index (χ1n) is 12.8. The highest BCUT2D eigenvalue weighted by atomic mass is 16.5. The first-order valence-corrected chi connectivity index (χ1v) is 12.8. The number of hydrogen-bond acceptors (Lipinski definition) is 6. The monoisotopic (exact) mass is 508 g/mol. The summed E-state index contributed by atoms with van der Waals surface area (Å²) in [5, 5.41) is 22.9. The van der Waals surface area contributed by atoms with Gasteiger partial charge in [-0.2, -0.15) is 0 Å². The average molecular weight is 509 g/mol. The summed E-state index contributed by atoms with van der Waals surface area (Å²) in [5.41, 5.74) is 1.57. The summed E-state index contributed by atoms with van der Waals surface area (Å²) >= 11 is 0. The van der Waals surface area contributed by atoms with E-state index in [4.69, 9.17) is 4.74 Å². The van der Waals surface area contributed by atoms with Crippen LogP contribution in [-0.4, -0.2) is 80.7 Å². The van der Waals surface area contributed by atoms with Gasteiger partial charge >= 0.3 is 6.03 Å². The van der Waals surface area contributed by atoms with Crippen LogP contribution in [0.3, 0.4) is 0 Å². The Labute approximate surface area is 217 Å². The lowest BCUT2D eigenvalue weighted by atomic mass is 10.0. The third-order valence-electron chi connectivity index (χ3n) is 6.97. The molecule has 3 amide bonds. The number of rotatable bonds is 5. The van der Waals surface area contributed by atoms with E-state index in [1.165, 1.54) is 0 Å². The molecule has 2 heterocycles. The second-order valence-electron chi connectivity index (χ2n) is 9.79. The number of carbonyl (C=O) groups is 2. The predicted octanol–water partition coefficient (Wildman–Crippen LogP) is 3.12. The van der Waals surface area contributed by atoms with Crippen LogP contribution in [0.5, 0.6) is 0 Å². The van der Waals surface area contributed by atoms with Gasteiger partial charge in [0.05, 0.1) is 42.9 Å². The summed E-state index contributed by atoms with van der Waals surface area (Å²) in [6.07, 6.45) is 2.28. The highest BCUT2D eigenvalue weighted by Crippen LogP contribution is 2.24. The van der Waals surface area contributed by atoms with Crippen LogP contribution in [0, 0.1) is 5.92 Å². The molecule has 2 aromatic carbocycles. The Morgan fingerprint density at radius 3 is 2.86 bits per heavy atom. The van der Waals surface area contributed by atoms with Crippen molar-refractivity contribution in [3.63, 3.8) is 0 Å². The molecule has 0 fully saturated rings. The van der Waals surface area contributed by atoms with E-state index in [1.807, 2.05) is 56.3 Å². The van der Waals surface area contributed by atoms with Crippen molar-refractivity contribution in [1.82, 2.24) is 24.8 Å². The zero-order valence-electron chi connectivity index (χ0n) is 21.7. The molecule has 0 saturated heterocycles. The van der Waals surface area contributed by atoms with Gasteiger partial charge in [0.1, 0.15) is 0 Å². The Balaban J connectivity index is 1.52. The number of aliphatic hydroxyl groups excluding tert-OH is 1. The minimum Gasteiger partial charge on any atom is -0.394 e. The van der Waals surface area contributed by atoms with Crippen molar-refractivity contribution >= 4 is 28.4 Å². The first-order chi connectivity index (χ1) is 17.9. The van der Waals surface area contributed by atoms with Crippen LogP contribution in [0.1, 0.15) is 32.4 Å². The van der Waals surface area contributed by atoms with Crippen LogP contribution < -0.4 is 5.32 Å². The Morgan fingerprint density at radius 1 is 1.27 bits per heavy atom. The number of anilines is 1. The molecule has 198 valence electrons. The zero-order valence-corrected chi connectivity index (χ0v) is 21.7. The summed E-state index contributed by atoms with van der Waals surface area (Å²) in [4.78, 5) is 29.5. The maximum atomic E-state index is 13.2. The lowest BCUT2D eigenvalue weighted by Gasteiger charge is -2.35. The number of aryl methyl sites for hydroxylation is 1. The van der Waals surface area contributed by atoms with Crippen molar-refractivity contribution in [3.05, 3.63) is 54.4 Å². The molecular weight excluding hydrogens is 472 g/mol. The zero-order chi connectivity index (χ0) is 26.4. The van der Waals surface area contributed by atoms with Crippen molar-refractivity contribution in [2.24, 2.45) is 5.92 Å². The minimum atomic E-state index is -0.368. The van der Waals surface area contributed by atoms with E-state index in [1.54, 1.807) is 27.7 Å². The Morgan fingerprint density at radius 2 is 2.05 bits per heavy atom. The van der Waals surface area contributed by atoms with Crippen LogP contribution in [-0.2, 0) is 22.7 Å². The van der Waals surface area contributed by atoms with Crippen LogP contribution in [0.15, 0.2) is 48.7 Å². The second kappa shape index (κ2) is 12.2. The molecule has 2 N–H and O–H groups in total. The number of likely N-dealkylation sites (N-methyl/N-ethyl adjacent to an activating group) is 1. The molecule has 1 aromatic heterocycles. The highest BCUT2D eigenvalue weighted by molar-refractivity contribution is 6.01. The van der Waals surface area contributed by atoms with Crippen molar-refractivity contribution in [2.75, 3.05) is 32.1 Å². The quantitative estimate of drug-likeness (QED) is 0.548. The van der Waals surface area contributed by atoms with E-state index < -0.39 is 0 Å². The van der Waals surface area contributed by atoms with Gasteiger partial charge in [-0.15, -0.1) is 5.10 Å². The SMILES string of the molecule is C[C@@H]1CN([C@@H](C)CO)C(=O)CCCn2nncc2CO[C@H]1CN(C)C(=O)Nc1cccc2ccccc12. The fourth-order valence-electron chi connectivity index (χ4n) is 4.64. The van der Waals surface area contributed by atoms with Gasteiger partial charge < -0.3 is 25.0 Å². The van der Waals surface area contributed by atoms with Gasteiger partial charge in [-0.25, -0.2) is 9.48 Å². The van der Waals surface area contributed by atoms with Gasteiger partial charge in [-0.3, -0.25) is 4.79 Å². The summed E-state index contributed by atoms with van der Waals surface area (Å²) in [5.74, 6) is -0.119. The first kappa shape index (κ1) is 26.6. The summed E-state index contributed by atoms with van der Waals surface area (Å²) in [6.45, 7) is 5.31. The number of amides is 3. The fourth-order valence-corrected chi connectivity index (χ4v) is 4.64. The molecule has 10 heteroatoms. The normalized spacial score (nSPS) is 20.0. The van der Waals surface area contributed by atoms with Crippen LogP contribution >= 0.6 is 0 Å². The molecule has 3 aromatic rings. The van der Waals surface area contributed by atoms with Crippen molar-refractivity contribution in [2.45, 2.75) is 52.0 Å². The van der Waals surface area contributed by atoms with Crippen molar-refractivity contribution in [1.29, 1.82) is 0 Å². The number of aromatic nitrogens is 3. The predicted molar refractivity (Wildman–Crippen MR) is 141 cm³/mol. The van der Waals surface area contributed by atoms with Crippen LogP contribution in [0.2, 0.25) is 0 Å². The molecule has 10 nitrogen and oxygen atoms in total. The van der Waals surface area contributed by atoms with E-state index in [2.05, 4.69) is 15.6 Å². The number of hydrogen-bond donors (Lipinski definition) is 2. The number of nitrogens with one attached hydrogen (secondary N) is 1. The molecule has 0 radical (unpaired) electrons.